The number of carbonyl (C=O) groups excluding carboxylic acids is 1. The molecule has 0 unspecified atom stereocenters. The zero-order valence-electron chi connectivity index (χ0n) is 8.52. The van der Waals surface area contributed by atoms with Crippen LogP contribution in [0.15, 0.2) is 0 Å². The van der Waals surface area contributed by atoms with Crippen LogP contribution in [-0.4, -0.2) is 12.5 Å². The highest BCUT2D eigenvalue weighted by Gasteiger charge is 1.98. The van der Waals surface area contributed by atoms with E-state index in [-0.39, 0.29) is 7.33 Å². The van der Waals surface area contributed by atoms with Crippen molar-refractivity contribution in [3.63, 3.8) is 0 Å². The Labute approximate surface area is 77.2 Å². The van der Waals surface area contributed by atoms with Gasteiger partial charge in [0, 0.05) is 14.4 Å². The topological polar surface area (TPSA) is 29.1 Å². The smallest absolute Gasteiger partial charge is 0.219 e. The summed E-state index contributed by atoms with van der Waals surface area (Å²) in [6.45, 7) is 7.27. The number of nitrogens with one attached hydrogen (secondary N) is 1. The molecule has 1 N–H and O–H groups in total. The summed E-state index contributed by atoms with van der Waals surface area (Å²) in [5, 5.41) is 2.90. The van der Waals surface area contributed by atoms with E-state index in [2.05, 4.69) is 19.2 Å². The largest absolute Gasteiger partial charge is 0.356 e. The number of hydrogen-bond donors (Lipinski definition) is 1. The van der Waals surface area contributed by atoms with Gasteiger partial charge >= 0.3 is 0 Å². The summed E-state index contributed by atoms with van der Waals surface area (Å²) in [7, 11) is 0. The maximum atomic E-state index is 11.0. The van der Waals surface area contributed by atoms with Gasteiger partial charge in [-0.25, -0.2) is 0 Å². The van der Waals surface area contributed by atoms with Crippen LogP contribution in [0.25, 0.3) is 0 Å². The van der Waals surface area contributed by atoms with E-state index in [0.29, 0.717) is 6.42 Å². The molecule has 0 aromatic carbocycles. The predicted molar refractivity (Wildman–Crippen MR) is 54.1 cm³/mol. The fraction of sp³-hybridized carbons (Fsp3) is 0.900. The Hall–Kier alpha value is -0.530. The van der Waals surface area contributed by atoms with Crippen LogP contribution in [0.4, 0.5) is 0 Å². The van der Waals surface area contributed by atoms with Crippen LogP contribution in [-0.2, 0) is 4.79 Å². The lowest BCUT2D eigenvalue weighted by molar-refractivity contribution is -0.121. The zero-order chi connectivity index (χ0) is 9.40. The van der Waals surface area contributed by atoms with Gasteiger partial charge < -0.3 is 5.32 Å². The number of hydrogen-bond acceptors (Lipinski definition) is 1. The summed E-state index contributed by atoms with van der Waals surface area (Å²) in [4.78, 5) is 11.0. The minimum absolute atomic E-state index is 0. The molecule has 0 aromatic rings. The first kappa shape index (κ1) is 11.5. The average Bonchev–Trinajstić information content (AvgIpc) is 1.98. The van der Waals surface area contributed by atoms with Gasteiger partial charge in [0.1, 0.15) is 0 Å². The third kappa shape index (κ3) is 7.58. The van der Waals surface area contributed by atoms with E-state index in [1.54, 1.807) is 0 Å². The molecule has 0 aromatic heterocycles. The molecule has 0 saturated carbocycles. The number of amides is 1. The normalized spacial score (nSPS) is 10.3. The second-order valence-electron chi connectivity index (χ2n) is 3.64. The van der Waals surface area contributed by atoms with Crippen LogP contribution in [0.1, 0.15) is 47.9 Å². The number of carbonyl (C=O) groups is 1. The Morgan fingerprint density at radius 2 is 2.17 bits per heavy atom. The third-order valence-corrected chi connectivity index (χ3v) is 1.76. The van der Waals surface area contributed by atoms with Gasteiger partial charge in [0.2, 0.25) is 5.91 Å². The summed E-state index contributed by atoms with van der Waals surface area (Å²) >= 11 is 0. The Morgan fingerprint density at radius 3 is 2.67 bits per heavy atom. The van der Waals surface area contributed by atoms with Crippen LogP contribution in [0, 0.1) is 5.92 Å². The minimum Gasteiger partial charge on any atom is -0.356 e. The van der Waals surface area contributed by atoms with Gasteiger partial charge in [-0.3, -0.25) is 4.79 Å². The molecule has 0 spiro atoms. The van der Waals surface area contributed by atoms with Crippen molar-refractivity contribution in [1.82, 2.24) is 5.32 Å². The van der Waals surface area contributed by atoms with E-state index in [4.69, 9.17) is 0 Å². The fourth-order valence-electron chi connectivity index (χ4n) is 1.05. The van der Waals surface area contributed by atoms with E-state index in [1.807, 2.05) is 6.92 Å². The minimum atomic E-state index is 0. The highest BCUT2D eigenvalue weighted by molar-refractivity contribution is 5.75. The molecule has 0 aliphatic rings. The Morgan fingerprint density at radius 1 is 1.50 bits per heavy atom. The average molecular weight is 173 g/mol. The molecule has 2 heteroatoms. The van der Waals surface area contributed by atoms with Crippen molar-refractivity contribution in [2.75, 3.05) is 6.54 Å². The quantitative estimate of drug-likeness (QED) is 0.615. The van der Waals surface area contributed by atoms with E-state index in [9.17, 15) is 4.79 Å². The van der Waals surface area contributed by atoms with Gasteiger partial charge in [0.25, 0.3) is 0 Å². The van der Waals surface area contributed by atoms with Gasteiger partial charge in [-0.2, -0.15) is 0 Å². The van der Waals surface area contributed by atoms with Gasteiger partial charge in [-0.1, -0.05) is 20.8 Å². The Balaban J connectivity index is 0. The predicted octanol–water partition coefficient (Wildman–Crippen LogP) is 2.58. The summed E-state index contributed by atoms with van der Waals surface area (Å²) in [5.74, 6) is 0.939. The molecule has 0 aliphatic carbocycles. The van der Waals surface area contributed by atoms with Crippen LogP contribution >= 0.6 is 0 Å². The van der Waals surface area contributed by atoms with Crippen molar-refractivity contribution in [3.8, 4) is 0 Å². The summed E-state index contributed by atoms with van der Waals surface area (Å²) < 4.78 is 0. The maximum absolute atomic E-state index is 11.0. The molecular formula is C10H23NO. The molecule has 0 rings (SSSR count). The van der Waals surface area contributed by atoms with E-state index in [1.165, 1.54) is 6.42 Å². The fourth-order valence-corrected chi connectivity index (χ4v) is 1.05. The lowest BCUT2D eigenvalue weighted by Gasteiger charge is -2.05. The SMILES string of the molecule is CCCC(=O)NCCCC(C)C.[HH]. The molecule has 0 fully saturated rings. The summed E-state index contributed by atoms with van der Waals surface area (Å²) in [5.41, 5.74) is 0. The van der Waals surface area contributed by atoms with Crippen LogP contribution in [0.5, 0.6) is 0 Å². The van der Waals surface area contributed by atoms with E-state index in [0.717, 1.165) is 25.3 Å². The van der Waals surface area contributed by atoms with Crippen LogP contribution < -0.4 is 5.32 Å². The van der Waals surface area contributed by atoms with Gasteiger partial charge in [-0.15, -0.1) is 0 Å². The molecule has 0 aliphatic heterocycles. The molecule has 74 valence electrons. The molecule has 0 atom stereocenters. The standard InChI is InChI=1S/C10H21NO.H2/c1-4-6-10(12)11-8-5-7-9(2)3;/h9H,4-8H2,1-3H3,(H,11,12);1H. The van der Waals surface area contributed by atoms with Crippen molar-refractivity contribution >= 4 is 5.91 Å². The number of rotatable bonds is 6. The highest BCUT2D eigenvalue weighted by Crippen LogP contribution is 2.01. The molecule has 1 amide bonds. The van der Waals surface area contributed by atoms with Gasteiger partial charge in [0.05, 0.1) is 0 Å². The van der Waals surface area contributed by atoms with Crippen LogP contribution in [0.2, 0.25) is 0 Å². The first-order valence-corrected chi connectivity index (χ1v) is 4.93. The molecule has 0 radical (unpaired) electrons. The summed E-state index contributed by atoms with van der Waals surface area (Å²) in [6, 6.07) is 0. The summed E-state index contributed by atoms with van der Waals surface area (Å²) in [6.07, 6.45) is 3.91. The molecule has 2 nitrogen and oxygen atoms in total. The van der Waals surface area contributed by atoms with E-state index < -0.39 is 0 Å². The van der Waals surface area contributed by atoms with Crippen LogP contribution in [0.3, 0.4) is 0 Å². The molecule has 0 heterocycles. The van der Waals surface area contributed by atoms with Gasteiger partial charge in [0.15, 0.2) is 0 Å². The van der Waals surface area contributed by atoms with Crippen molar-refractivity contribution in [3.05, 3.63) is 0 Å². The molecule has 12 heavy (non-hydrogen) atoms. The van der Waals surface area contributed by atoms with E-state index >= 15 is 0 Å². The van der Waals surface area contributed by atoms with Crippen molar-refractivity contribution < 1.29 is 6.22 Å². The maximum Gasteiger partial charge on any atom is 0.219 e. The first-order valence-electron chi connectivity index (χ1n) is 4.93. The Kier molecular flexibility index (Phi) is 6.82. The lowest BCUT2D eigenvalue weighted by atomic mass is 10.1. The molecule has 0 saturated heterocycles. The second-order valence-corrected chi connectivity index (χ2v) is 3.64. The Bertz CT molecular complexity index is 126. The molecular weight excluding hydrogens is 150 g/mol. The monoisotopic (exact) mass is 173 g/mol. The zero-order valence-corrected chi connectivity index (χ0v) is 8.52. The second kappa shape index (κ2) is 7.14. The third-order valence-electron chi connectivity index (χ3n) is 1.76. The van der Waals surface area contributed by atoms with Crippen molar-refractivity contribution in [1.29, 1.82) is 0 Å². The first-order chi connectivity index (χ1) is 5.66. The highest BCUT2D eigenvalue weighted by atomic mass is 16.1. The van der Waals surface area contributed by atoms with Crippen molar-refractivity contribution in [2.45, 2.75) is 46.5 Å². The lowest BCUT2D eigenvalue weighted by Crippen LogP contribution is -2.23. The van der Waals surface area contributed by atoms with Crippen molar-refractivity contribution in [2.24, 2.45) is 5.92 Å². The van der Waals surface area contributed by atoms with Gasteiger partial charge in [-0.05, 0) is 25.2 Å². The molecule has 0 bridgehead atoms.